The van der Waals surface area contributed by atoms with Crippen LogP contribution in [0.4, 0.5) is 0 Å². The Labute approximate surface area is 66.0 Å². The molecule has 0 aliphatic heterocycles. The van der Waals surface area contributed by atoms with Gasteiger partial charge < -0.3 is 4.74 Å². The highest BCUT2D eigenvalue weighted by atomic mass is 16.6. The molecule has 3 heteroatoms. The predicted octanol–water partition coefficient (Wildman–Crippen LogP) is 1.39. The Hall–Kier alpha value is -1.04. The summed E-state index contributed by atoms with van der Waals surface area (Å²) in [5.74, 6) is -0.197. The number of carbonyl (C=O) groups excluding carboxylic acids is 1. The highest BCUT2D eigenvalue weighted by molar-refractivity contribution is 5.69. The van der Waals surface area contributed by atoms with Crippen molar-refractivity contribution in [3.63, 3.8) is 0 Å². The lowest BCUT2D eigenvalue weighted by atomic mass is 10.2. The lowest BCUT2D eigenvalue weighted by Crippen LogP contribution is -2.18. The first-order valence-corrected chi connectivity index (χ1v) is 3.81. The zero-order valence-electron chi connectivity index (χ0n) is 6.59. The van der Waals surface area contributed by atoms with Gasteiger partial charge >= 0.3 is 5.97 Å². The van der Waals surface area contributed by atoms with E-state index in [2.05, 4.69) is 0 Å². The van der Waals surface area contributed by atoms with Crippen molar-refractivity contribution in [1.82, 2.24) is 0 Å². The zero-order chi connectivity index (χ0) is 8.32. The molecule has 1 saturated carbocycles. The molecular weight excluding hydrogens is 142 g/mol. The van der Waals surface area contributed by atoms with E-state index in [9.17, 15) is 4.79 Å². The number of hydrogen-bond acceptors (Lipinski definition) is 3. The predicted molar refractivity (Wildman–Crippen MR) is 38.6 cm³/mol. The Morgan fingerprint density at radius 3 is 2.73 bits per heavy atom. The van der Waals surface area contributed by atoms with Crippen molar-refractivity contribution in [1.29, 1.82) is 5.26 Å². The standard InChI is InChI=1S/C8H11NO2/c1-2-7(10)11-8(3-4-8)5-6-9/h2-5H2,1H3. The molecule has 0 saturated heterocycles. The van der Waals surface area contributed by atoms with Crippen LogP contribution in [0.15, 0.2) is 0 Å². The van der Waals surface area contributed by atoms with E-state index in [1.165, 1.54) is 0 Å². The van der Waals surface area contributed by atoms with Crippen molar-refractivity contribution in [3.8, 4) is 6.07 Å². The topological polar surface area (TPSA) is 50.1 Å². The SMILES string of the molecule is CCC(=O)OC1(CC#N)CC1. The summed E-state index contributed by atoms with van der Waals surface area (Å²) < 4.78 is 5.08. The van der Waals surface area contributed by atoms with Crippen molar-refractivity contribution in [3.05, 3.63) is 0 Å². The molecule has 1 aliphatic rings. The number of esters is 1. The quantitative estimate of drug-likeness (QED) is 0.575. The van der Waals surface area contributed by atoms with Crippen LogP contribution < -0.4 is 0 Å². The van der Waals surface area contributed by atoms with E-state index in [0.717, 1.165) is 12.8 Å². The fourth-order valence-electron chi connectivity index (χ4n) is 0.912. The third kappa shape index (κ3) is 1.94. The van der Waals surface area contributed by atoms with Gasteiger partial charge in [0.1, 0.15) is 5.60 Å². The molecule has 0 radical (unpaired) electrons. The minimum Gasteiger partial charge on any atom is -0.458 e. The Morgan fingerprint density at radius 1 is 1.73 bits per heavy atom. The average molecular weight is 153 g/mol. The summed E-state index contributed by atoms with van der Waals surface area (Å²) in [5.41, 5.74) is -0.387. The largest absolute Gasteiger partial charge is 0.458 e. The molecule has 0 aromatic carbocycles. The summed E-state index contributed by atoms with van der Waals surface area (Å²) >= 11 is 0. The first-order valence-electron chi connectivity index (χ1n) is 3.81. The van der Waals surface area contributed by atoms with Gasteiger partial charge in [-0.1, -0.05) is 6.92 Å². The maximum absolute atomic E-state index is 10.8. The molecule has 0 atom stereocenters. The molecular formula is C8H11NO2. The van der Waals surface area contributed by atoms with Gasteiger partial charge in [0.05, 0.1) is 12.5 Å². The van der Waals surface area contributed by atoms with Crippen LogP contribution >= 0.6 is 0 Å². The molecule has 0 N–H and O–H groups in total. The van der Waals surface area contributed by atoms with E-state index in [4.69, 9.17) is 10.00 Å². The van der Waals surface area contributed by atoms with Gasteiger partial charge in [-0.3, -0.25) is 4.79 Å². The van der Waals surface area contributed by atoms with Crippen LogP contribution in [-0.4, -0.2) is 11.6 Å². The summed E-state index contributed by atoms with van der Waals surface area (Å²) in [6.07, 6.45) is 2.45. The van der Waals surface area contributed by atoms with Crippen LogP contribution in [-0.2, 0) is 9.53 Å². The van der Waals surface area contributed by atoms with Gasteiger partial charge in [0.15, 0.2) is 0 Å². The fraction of sp³-hybridized carbons (Fsp3) is 0.750. The molecule has 1 aliphatic carbocycles. The Bertz CT molecular complexity index is 201. The highest BCUT2D eigenvalue weighted by Gasteiger charge is 2.46. The molecule has 0 aromatic heterocycles. The first kappa shape index (κ1) is 8.06. The number of hydrogen-bond donors (Lipinski definition) is 0. The Balaban J connectivity index is 2.36. The first-order chi connectivity index (χ1) is 5.22. The molecule has 3 nitrogen and oxygen atoms in total. The van der Waals surface area contributed by atoms with E-state index in [0.29, 0.717) is 12.8 Å². The van der Waals surface area contributed by atoms with Gasteiger partial charge in [0.2, 0.25) is 0 Å². The molecule has 60 valence electrons. The number of nitrogens with zero attached hydrogens (tertiary/aromatic N) is 1. The third-order valence-corrected chi connectivity index (χ3v) is 1.83. The van der Waals surface area contributed by atoms with Gasteiger partial charge in [0, 0.05) is 6.42 Å². The summed E-state index contributed by atoms with van der Waals surface area (Å²) in [7, 11) is 0. The van der Waals surface area contributed by atoms with Crippen molar-refractivity contribution < 1.29 is 9.53 Å². The second-order valence-corrected chi connectivity index (χ2v) is 2.85. The molecule has 0 spiro atoms. The van der Waals surface area contributed by atoms with Crippen molar-refractivity contribution >= 4 is 5.97 Å². The monoisotopic (exact) mass is 153 g/mol. The number of carbonyl (C=O) groups is 1. The maximum atomic E-state index is 10.8. The second kappa shape index (κ2) is 2.91. The van der Waals surface area contributed by atoms with Crippen LogP contribution in [0, 0.1) is 11.3 Å². The highest BCUT2D eigenvalue weighted by Crippen LogP contribution is 2.42. The molecule has 1 rings (SSSR count). The molecule has 0 heterocycles. The van der Waals surface area contributed by atoms with E-state index >= 15 is 0 Å². The van der Waals surface area contributed by atoms with E-state index in [-0.39, 0.29) is 11.6 Å². The Kier molecular flexibility index (Phi) is 2.13. The fourth-order valence-corrected chi connectivity index (χ4v) is 0.912. The lowest BCUT2D eigenvalue weighted by molar-refractivity contribution is -0.150. The molecule has 1 fully saturated rings. The van der Waals surface area contributed by atoms with E-state index in [1.54, 1.807) is 6.92 Å². The molecule has 0 aromatic rings. The maximum Gasteiger partial charge on any atom is 0.306 e. The summed E-state index contributed by atoms with van der Waals surface area (Å²) in [6, 6.07) is 2.02. The van der Waals surface area contributed by atoms with Gasteiger partial charge in [-0.2, -0.15) is 5.26 Å². The van der Waals surface area contributed by atoms with Gasteiger partial charge in [-0.25, -0.2) is 0 Å². The summed E-state index contributed by atoms with van der Waals surface area (Å²) in [5, 5.41) is 8.39. The smallest absolute Gasteiger partial charge is 0.306 e. The van der Waals surface area contributed by atoms with Crippen molar-refractivity contribution in [2.45, 2.75) is 38.2 Å². The van der Waals surface area contributed by atoms with E-state index < -0.39 is 0 Å². The number of nitriles is 1. The van der Waals surface area contributed by atoms with Crippen LogP contribution in [0.1, 0.15) is 32.6 Å². The minimum absolute atomic E-state index is 0.197. The summed E-state index contributed by atoms with van der Waals surface area (Å²) in [4.78, 5) is 10.8. The molecule has 11 heavy (non-hydrogen) atoms. The second-order valence-electron chi connectivity index (χ2n) is 2.85. The summed E-state index contributed by atoms with van der Waals surface area (Å²) in [6.45, 7) is 1.75. The number of ether oxygens (including phenoxy) is 1. The average Bonchev–Trinajstić information content (AvgIpc) is 2.70. The number of rotatable bonds is 3. The zero-order valence-corrected chi connectivity index (χ0v) is 6.59. The minimum atomic E-state index is -0.387. The van der Waals surface area contributed by atoms with Crippen molar-refractivity contribution in [2.75, 3.05) is 0 Å². The van der Waals surface area contributed by atoms with Gasteiger partial charge in [-0.15, -0.1) is 0 Å². The van der Waals surface area contributed by atoms with Gasteiger partial charge in [0.25, 0.3) is 0 Å². The van der Waals surface area contributed by atoms with Crippen LogP contribution in [0.3, 0.4) is 0 Å². The van der Waals surface area contributed by atoms with Crippen LogP contribution in [0.25, 0.3) is 0 Å². The van der Waals surface area contributed by atoms with Crippen LogP contribution in [0.5, 0.6) is 0 Å². The third-order valence-electron chi connectivity index (χ3n) is 1.83. The normalized spacial score (nSPS) is 18.5. The van der Waals surface area contributed by atoms with Crippen LogP contribution in [0.2, 0.25) is 0 Å². The lowest BCUT2D eigenvalue weighted by Gasteiger charge is -2.11. The molecule has 0 bridgehead atoms. The van der Waals surface area contributed by atoms with E-state index in [1.807, 2.05) is 6.07 Å². The van der Waals surface area contributed by atoms with Crippen molar-refractivity contribution in [2.24, 2.45) is 0 Å². The Morgan fingerprint density at radius 2 is 2.36 bits per heavy atom. The van der Waals surface area contributed by atoms with Gasteiger partial charge in [-0.05, 0) is 12.8 Å². The molecule has 0 unspecified atom stereocenters. The molecule has 0 amide bonds.